The molecule has 2 heteroatoms. The molecule has 0 aliphatic carbocycles. The molecule has 38 valence electrons. The van der Waals surface area contributed by atoms with Gasteiger partial charge in [0.1, 0.15) is 0 Å². The van der Waals surface area contributed by atoms with Gasteiger partial charge in [-0.05, 0) is 0 Å². The van der Waals surface area contributed by atoms with E-state index in [9.17, 15) is 4.79 Å². The van der Waals surface area contributed by atoms with Gasteiger partial charge in [-0.1, -0.05) is 13.8 Å². The number of primary amides is 1. The maximum atomic E-state index is 9.92. The summed E-state index contributed by atoms with van der Waals surface area (Å²) in [5.41, 5.74) is 4.80. The van der Waals surface area contributed by atoms with Crippen LogP contribution in [0.2, 0.25) is 0 Å². The summed E-state index contributed by atoms with van der Waals surface area (Å²) in [5.74, 6) is -0.250. The van der Waals surface area contributed by atoms with Gasteiger partial charge in [-0.25, -0.2) is 0 Å². The summed E-state index contributed by atoms with van der Waals surface area (Å²) in [6.45, 7) is 3.53. The van der Waals surface area contributed by atoms with Crippen molar-refractivity contribution >= 4 is 5.91 Å². The van der Waals surface area contributed by atoms with Crippen LogP contribution in [-0.2, 0) is 4.79 Å². The van der Waals surface area contributed by atoms with Gasteiger partial charge in [0.25, 0.3) is 0 Å². The van der Waals surface area contributed by atoms with Gasteiger partial charge in [0.2, 0.25) is 5.91 Å². The van der Waals surface area contributed by atoms with E-state index in [-0.39, 0.29) is 13.3 Å². The highest BCUT2D eigenvalue weighted by Gasteiger charge is 1.96. The normalized spacial score (nSPS) is 9.17. The minimum atomic E-state index is -0.241. The molecular weight excluding hydrogens is 78.0 g/mol. The van der Waals surface area contributed by atoms with Crippen LogP contribution in [0.25, 0.3) is 0 Å². The predicted molar refractivity (Wildman–Crippen MR) is 26.1 cm³/mol. The van der Waals surface area contributed by atoms with E-state index < -0.39 is 0 Å². The maximum Gasteiger partial charge on any atom is 0.219 e. The summed E-state index contributed by atoms with van der Waals surface area (Å²) in [6.07, 6.45) is 0. The summed E-state index contributed by atoms with van der Waals surface area (Å²) in [5, 5.41) is 0. The second-order valence-corrected chi connectivity index (χ2v) is 1.56. The van der Waals surface area contributed by atoms with E-state index in [1.165, 1.54) is 0 Å². The summed E-state index contributed by atoms with van der Waals surface area (Å²) >= 11 is 0. The number of amides is 1. The lowest BCUT2D eigenvalue weighted by molar-refractivity contribution is -0.120. The lowest BCUT2D eigenvalue weighted by atomic mass is 10.2. The maximum absolute atomic E-state index is 9.92. The highest BCUT2D eigenvalue weighted by atomic mass is 16.1. The zero-order valence-corrected chi connectivity index (χ0v) is 4.06. The van der Waals surface area contributed by atoms with Crippen LogP contribution in [0.15, 0.2) is 0 Å². The Labute approximate surface area is 38.8 Å². The number of hydrogen-bond donors (Lipinski definition) is 1. The predicted octanol–water partition coefficient (Wildman–Crippen LogP) is 0.374. The molecule has 0 rings (SSSR count). The van der Waals surface area contributed by atoms with Crippen LogP contribution in [0.1, 0.15) is 15.3 Å². The Morgan fingerprint density at radius 2 is 2.00 bits per heavy atom. The number of hydrogen-bond acceptors (Lipinski definition) is 1. The summed E-state index contributed by atoms with van der Waals surface area (Å²) in [7, 11) is 0. The standard InChI is InChI=1S/C4H9NO.H2/c1-3(2)4(5)6;/h3H,1-2H3,(H2,5,6);1H. The van der Waals surface area contributed by atoms with Crippen LogP contribution >= 0.6 is 0 Å². The molecule has 0 heterocycles. The van der Waals surface area contributed by atoms with Crippen molar-refractivity contribution in [2.45, 2.75) is 13.8 Å². The molecule has 0 radical (unpaired) electrons. The van der Waals surface area contributed by atoms with Crippen LogP contribution in [0.3, 0.4) is 0 Å². The molecule has 0 saturated heterocycles. The van der Waals surface area contributed by atoms with E-state index >= 15 is 0 Å². The van der Waals surface area contributed by atoms with Crippen LogP contribution in [-0.4, -0.2) is 5.91 Å². The van der Waals surface area contributed by atoms with Gasteiger partial charge < -0.3 is 5.73 Å². The third-order valence-electron chi connectivity index (χ3n) is 0.569. The second kappa shape index (κ2) is 1.80. The Kier molecular flexibility index (Phi) is 1.64. The Morgan fingerprint density at radius 3 is 2.00 bits per heavy atom. The Hall–Kier alpha value is -0.530. The van der Waals surface area contributed by atoms with Crippen LogP contribution in [0, 0.1) is 5.92 Å². The highest BCUT2D eigenvalue weighted by molar-refractivity contribution is 5.75. The molecule has 0 aliphatic heterocycles. The van der Waals surface area contributed by atoms with Crippen molar-refractivity contribution in [1.29, 1.82) is 0 Å². The van der Waals surface area contributed by atoms with E-state index in [4.69, 9.17) is 5.73 Å². The van der Waals surface area contributed by atoms with E-state index in [0.29, 0.717) is 0 Å². The first-order valence-corrected chi connectivity index (χ1v) is 1.94. The van der Waals surface area contributed by atoms with Gasteiger partial charge >= 0.3 is 0 Å². The molecule has 2 nitrogen and oxygen atoms in total. The number of rotatable bonds is 1. The first-order valence-electron chi connectivity index (χ1n) is 1.94. The first kappa shape index (κ1) is 5.47. The third kappa shape index (κ3) is 1.76. The number of carbonyl (C=O) groups is 1. The Morgan fingerprint density at radius 1 is 1.83 bits per heavy atom. The van der Waals surface area contributed by atoms with Crippen LogP contribution in [0.5, 0.6) is 0 Å². The van der Waals surface area contributed by atoms with Crippen molar-refractivity contribution in [3.8, 4) is 0 Å². The zero-order chi connectivity index (χ0) is 5.15. The quantitative estimate of drug-likeness (QED) is 0.495. The topological polar surface area (TPSA) is 43.1 Å². The van der Waals surface area contributed by atoms with Gasteiger partial charge in [-0.15, -0.1) is 0 Å². The molecule has 0 aliphatic rings. The Balaban J connectivity index is 0. The van der Waals surface area contributed by atoms with Crippen molar-refractivity contribution in [2.75, 3.05) is 0 Å². The van der Waals surface area contributed by atoms with Gasteiger partial charge in [-0.2, -0.15) is 0 Å². The molecule has 0 aromatic carbocycles. The number of nitrogens with two attached hydrogens (primary N) is 1. The van der Waals surface area contributed by atoms with Crippen molar-refractivity contribution in [2.24, 2.45) is 11.7 Å². The lowest BCUT2D eigenvalue weighted by Gasteiger charge is -1.90. The van der Waals surface area contributed by atoms with E-state index in [1.54, 1.807) is 13.8 Å². The van der Waals surface area contributed by atoms with Crippen molar-refractivity contribution < 1.29 is 6.22 Å². The monoisotopic (exact) mass is 89.1 g/mol. The van der Waals surface area contributed by atoms with Crippen molar-refractivity contribution in [1.82, 2.24) is 0 Å². The molecule has 0 unspecified atom stereocenters. The second-order valence-electron chi connectivity index (χ2n) is 1.56. The minimum absolute atomic E-state index is 0. The fourth-order valence-corrected chi connectivity index (χ4v) is 0. The molecule has 1 amide bonds. The molecule has 0 aromatic heterocycles. The molecule has 2 N–H and O–H groups in total. The molecule has 0 aromatic rings. The molecule has 0 spiro atoms. The van der Waals surface area contributed by atoms with Gasteiger partial charge in [-0.3, -0.25) is 4.79 Å². The molecular formula is C4H11NO. The summed E-state index contributed by atoms with van der Waals surface area (Å²) in [6, 6.07) is 0. The first-order chi connectivity index (χ1) is 2.64. The lowest BCUT2D eigenvalue weighted by Crippen LogP contribution is -2.17. The Bertz CT molecular complexity index is 62.7. The van der Waals surface area contributed by atoms with Gasteiger partial charge in [0, 0.05) is 7.34 Å². The van der Waals surface area contributed by atoms with Crippen LogP contribution < -0.4 is 5.73 Å². The van der Waals surface area contributed by atoms with Crippen molar-refractivity contribution in [3.63, 3.8) is 0 Å². The van der Waals surface area contributed by atoms with E-state index in [0.717, 1.165) is 0 Å². The fraction of sp³-hybridized carbons (Fsp3) is 0.750. The molecule has 0 fully saturated rings. The van der Waals surface area contributed by atoms with E-state index in [2.05, 4.69) is 0 Å². The van der Waals surface area contributed by atoms with Gasteiger partial charge in [0.15, 0.2) is 0 Å². The molecule has 0 bridgehead atoms. The molecule has 0 saturated carbocycles. The minimum Gasteiger partial charge on any atom is -0.369 e. The summed E-state index contributed by atoms with van der Waals surface area (Å²) < 4.78 is 0. The average molecular weight is 89.1 g/mol. The smallest absolute Gasteiger partial charge is 0.219 e. The van der Waals surface area contributed by atoms with Crippen molar-refractivity contribution in [3.05, 3.63) is 0 Å². The fourth-order valence-electron chi connectivity index (χ4n) is 0. The average Bonchev–Trinajstić information content (AvgIpc) is 1.36. The van der Waals surface area contributed by atoms with Gasteiger partial charge in [0.05, 0.1) is 0 Å². The molecule has 0 atom stereocenters. The summed E-state index contributed by atoms with van der Waals surface area (Å²) in [4.78, 5) is 9.92. The zero-order valence-electron chi connectivity index (χ0n) is 4.06. The highest BCUT2D eigenvalue weighted by Crippen LogP contribution is 1.84. The molecule has 6 heavy (non-hydrogen) atoms. The SMILES string of the molecule is CC(C)C(N)=O.[HH]. The number of carbonyl (C=O) groups excluding carboxylic acids is 1. The largest absolute Gasteiger partial charge is 0.369 e. The third-order valence-corrected chi connectivity index (χ3v) is 0.569. The van der Waals surface area contributed by atoms with Crippen LogP contribution in [0.4, 0.5) is 0 Å². The van der Waals surface area contributed by atoms with E-state index in [1.807, 2.05) is 0 Å².